The normalized spacial score (nSPS) is 14.9. The minimum atomic E-state index is 0.228. The molecule has 1 saturated heterocycles. The highest BCUT2D eigenvalue weighted by Crippen LogP contribution is 2.21. The molecule has 0 aromatic heterocycles. The van der Waals surface area contributed by atoms with Crippen LogP contribution in [0, 0.1) is 0 Å². The van der Waals surface area contributed by atoms with Crippen LogP contribution in [-0.2, 0) is 11.3 Å². The third kappa shape index (κ3) is 6.86. The van der Waals surface area contributed by atoms with E-state index in [1.54, 1.807) is 7.05 Å². The van der Waals surface area contributed by atoms with Gasteiger partial charge < -0.3 is 20.4 Å². The van der Waals surface area contributed by atoms with Crippen LogP contribution in [0.25, 0.3) is 0 Å². The molecule has 150 valence electrons. The second-order valence-electron chi connectivity index (χ2n) is 6.90. The van der Waals surface area contributed by atoms with E-state index in [0.717, 1.165) is 57.2 Å². The minimum absolute atomic E-state index is 0.228. The number of benzene rings is 1. The highest BCUT2D eigenvalue weighted by molar-refractivity contribution is 5.95. The zero-order valence-corrected chi connectivity index (χ0v) is 17.1. The van der Waals surface area contributed by atoms with Gasteiger partial charge in [0, 0.05) is 38.8 Å². The summed E-state index contributed by atoms with van der Waals surface area (Å²) in [6.07, 6.45) is 3.96. The maximum absolute atomic E-state index is 11.8. The molecule has 0 spiro atoms. The third-order valence-corrected chi connectivity index (χ3v) is 5.09. The van der Waals surface area contributed by atoms with Crippen LogP contribution in [0.15, 0.2) is 29.3 Å². The standard InChI is InChI=1S/C21H35N5O/c1-4-25(5-2)15-7-6-14-23-21(22-3)24-17-18-10-12-19(13-11-18)26-16-8-9-20(26)27/h10-13H,4-9,14-17H2,1-3H3,(H2,22,23,24). The second kappa shape index (κ2) is 11.6. The van der Waals surface area contributed by atoms with Crippen LogP contribution in [-0.4, -0.2) is 56.5 Å². The zero-order valence-electron chi connectivity index (χ0n) is 17.1. The van der Waals surface area contributed by atoms with Crippen LogP contribution in [0.3, 0.4) is 0 Å². The fourth-order valence-corrected chi connectivity index (χ4v) is 3.33. The zero-order chi connectivity index (χ0) is 19.5. The Morgan fingerprint density at radius 2 is 1.89 bits per heavy atom. The summed E-state index contributed by atoms with van der Waals surface area (Å²) >= 11 is 0. The van der Waals surface area contributed by atoms with Crippen molar-refractivity contribution in [1.29, 1.82) is 0 Å². The van der Waals surface area contributed by atoms with E-state index in [9.17, 15) is 4.79 Å². The lowest BCUT2D eigenvalue weighted by molar-refractivity contribution is -0.117. The highest BCUT2D eigenvalue weighted by atomic mass is 16.2. The summed E-state index contributed by atoms with van der Waals surface area (Å²) in [7, 11) is 1.80. The molecule has 0 aliphatic carbocycles. The highest BCUT2D eigenvalue weighted by Gasteiger charge is 2.21. The van der Waals surface area contributed by atoms with Crippen molar-refractivity contribution in [2.45, 2.75) is 46.1 Å². The van der Waals surface area contributed by atoms with Gasteiger partial charge in [-0.05, 0) is 56.6 Å². The van der Waals surface area contributed by atoms with Gasteiger partial charge in [-0.25, -0.2) is 0 Å². The lowest BCUT2D eigenvalue weighted by Crippen LogP contribution is -2.37. The first-order chi connectivity index (χ1) is 13.2. The summed E-state index contributed by atoms with van der Waals surface area (Å²) in [5.41, 5.74) is 2.17. The lowest BCUT2D eigenvalue weighted by Gasteiger charge is -2.18. The average molecular weight is 374 g/mol. The van der Waals surface area contributed by atoms with E-state index in [1.807, 2.05) is 17.0 Å². The van der Waals surface area contributed by atoms with Gasteiger partial charge in [-0.2, -0.15) is 0 Å². The van der Waals surface area contributed by atoms with Crippen LogP contribution in [0.5, 0.6) is 0 Å². The quantitative estimate of drug-likeness (QED) is 0.376. The van der Waals surface area contributed by atoms with E-state index in [1.165, 1.54) is 12.0 Å². The Kier molecular flexibility index (Phi) is 9.11. The van der Waals surface area contributed by atoms with E-state index < -0.39 is 0 Å². The van der Waals surface area contributed by atoms with Gasteiger partial charge in [0.15, 0.2) is 5.96 Å². The lowest BCUT2D eigenvalue weighted by atomic mass is 10.2. The minimum Gasteiger partial charge on any atom is -0.356 e. The maximum Gasteiger partial charge on any atom is 0.227 e. The van der Waals surface area contributed by atoms with E-state index in [4.69, 9.17) is 0 Å². The maximum atomic E-state index is 11.8. The molecule has 1 aromatic carbocycles. The number of hydrogen-bond donors (Lipinski definition) is 2. The van der Waals surface area contributed by atoms with Crippen LogP contribution in [0.1, 0.15) is 45.1 Å². The van der Waals surface area contributed by atoms with E-state index in [0.29, 0.717) is 13.0 Å². The summed E-state index contributed by atoms with van der Waals surface area (Å²) < 4.78 is 0. The molecule has 1 aliphatic heterocycles. The topological polar surface area (TPSA) is 60.0 Å². The molecule has 2 N–H and O–H groups in total. The second-order valence-corrected chi connectivity index (χ2v) is 6.90. The molecule has 6 heteroatoms. The molecular weight excluding hydrogens is 338 g/mol. The number of aliphatic imine (C=N–C) groups is 1. The number of amides is 1. The molecular formula is C21H35N5O. The summed E-state index contributed by atoms with van der Waals surface area (Å²) in [6.45, 7) is 10.3. The van der Waals surface area contributed by atoms with Crippen molar-refractivity contribution < 1.29 is 4.79 Å². The van der Waals surface area contributed by atoms with Gasteiger partial charge in [0.1, 0.15) is 0 Å². The molecule has 1 fully saturated rings. The molecule has 1 amide bonds. The largest absolute Gasteiger partial charge is 0.356 e. The number of rotatable bonds is 10. The molecule has 0 unspecified atom stereocenters. The Morgan fingerprint density at radius 3 is 2.48 bits per heavy atom. The number of carbonyl (C=O) groups is 1. The van der Waals surface area contributed by atoms with Gasteiger partial charge in [0.25, 0.3) is 0 Å². The van der Waals surface area contributed by atoms with E-state index >= 15 is 0 Å². The summed E-state index contributed by atoms with van der Waals surface area (Å²) in [5, 5.41) is 6.73. The van der Waals surface area contributed by atoms with Crippen molar-refractivity contribution in [1.82, 2.24) is 15.5 Å². The summed E-state index contributed by atoms with van der Waals surface area (Å²) in [4.78, 5) is 20.4. The van der Waals surface area contributed by atoms with Gasteiger partial charge >= 0.3 is 0 Å². The first-order valence-corrected chi connectivity index (χ1v) is 10.2. The van der Waals surface area contributed by atoms with Gasteiger partial charge in [-0.15, -0.1) is 0 Å². The number of anilines is 1. The smallest absolute Gasteiger partial charge is 0.227 e. The Balaban J connectivity index is 1.68. The molecule has 1 heterocycles. The Bertz CT molecular complexity index is 595. The number of carbonyl (C=O) groups excluding carboxylic acids is 1. The third-order valence-electron chi connectivity index (χ3n) is 5.09. The summed E-state index contributed by atoms with van der Waals surface area (Å²) in [5.74, 6) is 1.06. The van der Waals surface area contributed by atoms with Crippen molar-refractivity contribution in [2.24, 2.45) is 4.99 Å². The van der Waals surface area contributed by atoms with Crippen LogP contribution >= 0.6 is 0 Å². The van der Waals surface area contributed by atoms with Crippen LogP contribution in [0.2, 0.25) is 0 Å². The Morgan fingerprint density at radius 1 is 1.15 bits per heavy atom. The summed E-state index contributed by atoms with van der Waals surface area (Å²) in [6, 6.07) is 8.21. The molecule has 0 bridgehead atoms. The average Bonchev–Trinajstić information content (AvgIpc) is 3.13. The Labute approximate surface area is 164 Å². The van der Waals surface area contributed by atoms with Gasteiger partial charge in [0.2, 0.25) is 5.91 Å². The van der Waals surface area contributed by atoms with Crippen LogP contribution < -0.4 is 15.5 Å². The number of unbranched alkanes of at least 4 members (excludes halogenated alkanes) is 1. The van der Waals surface area contributed by atoms with Gasteiger partial charge in [-0.1, -0.05) is 26.0 Å². The molecule has 0 radical (unpaired) electrons. The molecule has 0 atom stereocenters. The monoisotopic (exact) mass is 373 g/mol. The molecule has 2 rings (SSSR count). The first kappa shape index (κ1) is 21.2. The van der Waals surface area contributed by atoms with E-state index in [-0.39, 0.29) is 5.91 Å². The van der Waals surface area contributed by atoms with Crippen molar-refractivity contribution in [3.05, 3.63) is 29.8 Å². The first-order valence-electron chi connectivity index (χ1n) is 10.2. The molecule has 1 aromatic rings. The van der Waals surface area contributed by atoms with Crippen molar-refractivity contribution in [3.8, 4) is 0 Å². The SMILES string of the molecule is CCN(CC)CCCCNC(=NC)NCc1ccc(N2CCCC2=O)cc1. The molecule has 6 nitrogen and oxygen atoms in total. The van der Waals surface area contributed by atoms with Gasteiger partial charge in [-0.3, -0.25) is 9.79 Å². The van der Waals surface area contributed by atoms with Crippen molar-refractivity contribution in [2.75, 3.05) is 44.7 Å². The van der Waals surface area contributed by atoms with E-state index in [2.05, 4.69) is 46.5 Å². The molecule has 27 heavy (non-hydrogen) atoms. The van der Waals surface area contributed by atoms with Crippen molar-refractivity contribution in [3.63, 3.8) is 0 Å². The van der Waals surface area contributed by atoms with Crippen molar-refractivity contribution >= 4 is 17.6 Å². The predicted molar refractivity (Wildman–Crippen MR) is 113 cm³/mol. The Hall–Kier alpha value is -2.08. The fraction of sp³-hybridized carbons (Fsp3) is 0.619. The number of guanidine groups is 1. The van der Waals surface area contributed by atoms with Crippen LogP contribution in [0.4, 0.5) is 5.69 Å². The number of nitrogens with one attached hydrogen (secondary N) is 2. The molecule has 0 saturated carbocycles. The number of nitrogens with zero attached hydrogens (tertiary/aromatic N) is 3. The fourth-order valence-electron chi connectivity index (χ4n) is 3.33. The van der Waals surface area contributed by atoms with Gasteiger partial charge in [0.05, 0.1) is 0 Å². The number of hydrogen-bond acceptors (Lipinski definition) is 3. The predicted octanol–water partition coefficient (Wildman–Crippen LogP) is 2.60. The molecule has 1 aliphatic rings.